The van der Waals surface area contributed by atoms with Crippen molar-refractivity contribution >= 4 is 15.9 Å². The van der Waals surface area contributed by atoms with Gasteiger partial charge in [-0.25, -0.2) is 0 Å². The van der Waals surface area contributed by atoms with Gasteiger partial charge in [0, 0.05) is 5.56 Å². The van der Waals surface area contributed by atoms with Crippen LogP contribution in [-0.4, -0.2) is 19.3 Å². The van der Waals surface area contributed by atoms with Gasteiger partial charge in [-0.3, -0.25) is 0 Å². The smallest absolute Gasteiger partial charge is 0.139 e. The standard InChI is InChI=1S/C10H13BrO3/c1-6(12)8-4-7(13-2)5-9(11)10(8)14-3/h4-6,12H,1-3H3. The average molecular weight is 261 g/mol. The maximum Gasteiger partial charge on any atom is 0.139 e. The number of benzene rings is 1. The highest BCUT2D eigenvalue weighted by Crippen LogP contribution is 2.36. The van der Waals surface area contributed by atoms with Crippen LogP contribution in [0.2, 0.25) is 0 Å². The van der Waals surface area contributed by atoms with E-state index in [1.165, 1.54) is 0 Å². The Balaban J connectivity index is 3.28. The highest BCUT2D eigenvalue weighted by molar-refractivity contribution is 9.10. The summed E-state index contributed by atoms with van der Waals surface area (Å²) < 4.78 is 11.0. The molecule has 0 aliphatic carbocycles. The van der Waals surface area contributed by atoms with Gasteiger partial charge < -0.3 is 14.6 Å². The van der Waals surface area contributed by atoms with Gasteiger partial charge >= 0.3 is 0 Å². The van der Waals surface area contributed by atoms with Gasteiger partial charge in [0.25, 0.3) is 0 Å². The van der Waals surface area contributed by atoms with E-state index in [0.29, 0.717) is 17.1 Å². The fourth-order valence-electron chi connectivity index (χ4n) is 1.23. The molecule has 1 N–H and O–H groups in total. The third-order valence-corrected chi connectivity index (χ3v) is 2.52. The molecule has 78 valence electrons. The molecule has 0 fully saturated rings. The summed E-state index contributed by atoms with van der Waals surface area (Å²) in [5.74, 6) is 1.33. The van der Waals surface area contributed by atoms with Crippen LogP contribution in [0, 0.1) is 0 Å². The van der Waals surface area contributed by atoms with Crippen LogP contribution in [0.1, 0.15) is 18.6 Å². The zero-order chi connectivity index (χ0) is 10.7. The minimum Gasteiger partial charge on any atom is -0.497 e. The Morgan fingerprint density at radius 1 is 1.29 bits per heavy atom. The first-order valence-corrected chi connectivity index (χ1v) is 4.99. The van der Waals surface area contributed by atoms with Crippen LogP contribution in [0.3, 0.4) is 0 Å². The molecule has 0 bridgehead atoms. The van der Waals surface area contributed by atoms with Crippen molar-refractivity contribution in [2.45, 2.75) is 13.0 Å². The van der Waals surface area contributed by atoms with E-state index >= 15 is 0 Å². The second kappa shape index (κ2) is 4.66. The van der Waals surface area contributed by atoms with Crippen LogP contribution in [0.5, 0.6) is 11.5 Å². The van der Waals surface area contributed by atoms with Crippen LogP contribution >= 0.6 is 15.9 Å². The van der Waals surface area contributed by atoms with E-state index in [2.05, 4.69) is 15.9 Å². The van der Waals surface area contributed by atoms with Crippen molar-refractivity contribution in [3.63, 3.8) is 0 Å². The van der Waals surface area contributed by atoms with Crippen molar-refractivity contribution < 1.29 is 14.6 Å². The average Bonchev–Trinajstić information content (AvgIpc) is 2.16. The quantitative estimate of drug-likeness (QED) is 0.908. The van der Waals surface area contributed by atoms with E-state index in [9.17, 15) is 5.11 Å². The first kappa shape index (κ1) is 11.3. The first-order chi connectivity index (χ1) is 6.60. The van der Waals surface area contributed by atoms with Crippen molar-refractivity contribution in [1.29, 1.82) is 0 Å². The van der Waals surface area contributed by atoms with Crippen LogP contribution in [0.4, 0.5) is 0 Å². The third-order valence-electron chi connectivity index (χ3n) is 1.94. The molecule has 0 saturated heterocycles. The highest BCUT2D eigenvalue weighted by Gasteiger charge is 2.13. The molecule has 0 spiro atoms. The van der Waals surface area contributed by atoms with Crippen molar-refractivity contribution in [3.05, 3.63) is 22.2 Å². The molecular weight excluding hydrogens is 248 g/mol. The number of aliphatic hydroxyl groups is 1. The van der Waals surface area contributed by atoms with Crippen LogP contribution in [0.25, 0.3) is 0 Å². The Labute approximate surface area is 91.8 Å². The van der Waals surface area contributed by atoms with Gasteiger partial charge in [0.2, 0.25) is 0 Å². The van der Waals surface area contributed by atoms with Crippen molar-refractivity contribution in [2.24, 2.45) is 0 Å². The van der Waals surface area contributed by atoms with E-state index in [1.807, 2.05) is 0 Å². The fraction of sp³-hybridized carbons (Fsp3) is 0.400. The topological polar surface area (TPSA) is 38.7 Å². The number of hydrogen-bond acceptors (Lipinski definition) is 3. The first-order valence-electron chi connectivity index (χ1n) is 4.19. The normalized spacial score (nSPS) is 12.4. The second-order valence-corrected chi connectivity index (χ2v) is 3.76. The van der Waals surface area contributed by atoms with E-state index in [-0.39, 0.29) is 0 Å². The van der Waals surface area contributed by atoms with Crippen LogP contribution in [0.15, 0.2) is 16.6 Å². The monoisotopic (exact) mass is 260 g/mol. The molecule has 4 heteroatoms. The fourth-order valence-corrected chi connectivity index (χ4v) is 1.85. The molecule has 0 aliphatic rings. The lowest BCUT2D eigenvalue weighted by molar-refractivity contribution is 0.193. The van der Waals surface area contributed by atoms with Crippen LogP contribution in [-0.2, 0) is 0 Å². The zero-order valence-electron chi connectivity index (χ0n) is 8.37. The Kier molecular flexibility index (Phi) is 3.77. The predicted octanol–water partition coefficient (Wildman–Crippen LogP) is 2.52. The minimum atomic E-state index is -0.587. The summed E-state index contributed by atoms with van der Waals surface area (Å²) in [7, 11) is 3.15. The maximum atomic E-state index is 9.52. The molecule has 14 heavy (non-hydrogen) atoms. The molecule has 0 heterocycles. The van der Waals surface area contributed by atoms with Gasteiger partial charge in [-0.1, -0.05) is 0 Å². The lowest BCUT2D eigenvalue weighted by Crippen LogP contribution is -1.98. The second-order valence-electron chi connectivity index (χ2n) is 2.91. The van der Waals surface area contributed by atoms with Crippen molar-refractivity contribution in [1.82, 2.24) is 0 Å². The molecular formula is C10H13BrO3. The summed E-state index contributed by atoms with van der Waals surface area (Å²) in [6.45, 7) is 1.68. The molecule has 0 amide bonds. The van der Waals surface area contributed by atoms with Crippen LogP contribution < -0.4 is 9.47 Å². The molecule has 3 nitrogen and oxygen atoms in total. The van der Waals surface area contributed by atoms with Gasteiger partial charge in [0.15, 0.2) is 0 Å². The van der Waals surface area contributed by atoms with Gasteiger partial charge in [0.1, 0.15) is 11.5 Å². The zero-order valence-corrected chi connectivity index (χ0v) is 9.96. The molecule has 0 aliphatic heterocycles. The van der Waals surface area contributed by atoms with Gasteiger partial charge in [-0.15, -0.1) is 0 Å². The number of halogens is 1. The molecule has 1 aromatic carbocycles. The number of methoxy groups -OCH3 is 2. The van der Waals surface area contributed by atoms with Crippen molar-refractivity contribution in [2.75, 3.05) is 14.2 Å². The molecule has 0 saturated carbocycles. The Hall–Kier alpha value is -0.740. The maximum absolute atomic E-state index is 9.52. The summed E-state index contributed by atoms with van der Waals surface area (Å²) in [4.78, 5) is 0. The Bertz CT molecular complexity index is 323. The summed E-state index contributed by atoms with van der Waals surface area (Å²) in [6.07, 6.45) is -0.587. The lowest BCUT2D eigenvalue weighted by atomic mass is 10.1. The summed E-state index contributed by atoms with van der Waals surface area (Å²) in [5, 5.41) is 9.52. The number of rotatable bonds is 3. The minimum absolute atomic E-state index is 0.587. The Morgan fingerprint density at radius 2 is 1.93 bits per heavy atom. The molecule has 0 aromatic heterocycles. The highest BCUT2D eigenvalue weighted by atomic mass is 79.9. The Morgan fingerprint density at radius 3 is 2.36 bits per heavy atom. The number of hydrogen-bond donors (Lipinski definition) is 1. The van der Waals surface area contributed by atoms with Gasteiger partial charge in [0.05, 0.1) is 24.8 Å². The van der Waals surface area contributed by atoms with E-state index in [4.69, 9.17) is 9.47 Å². The number of ether oxygens (including phenoxy) is 2. The lowest BCUT2D eigenvalue weighted by Gasteiger charge is -2.14. The van der Waals surface area contributed by atoms with Gasteiger partial charge in [-0.2, -0.15) is 0 Å². The van der Waals surface area contributed by atoms with E-state index in [1.54, 1.807) is 33.3 Å². The summed E-state index contributed by atoms with van der Waals surface area (Å²) >= 11 is 3.35. The summed E-state index contributed by atoms with van der Waals surface area (Å²) in [6, 6.07) is 3.55. The number of aliphatic hydroxyl groups excluding tert-OH is 1. The van der Waals surface area contributed by atoms with E-state index in [0.717, 1.165) is 4.47 Å². The van der Waals surface area contributed by atoms with Crippen molar-refractivity contribution in [3.8, 4) is 11.5 Å². The molecule has 1 rings (SSSR count). The third kappa shape index (κ3) is 2.19. The van der Waals surface area contributed by atoms with Gasteiger partial charge in [-0.05, 0) is 35.0 Å². The predicted molar refractivity (Wildman–Crippen MR) is 57.9 cm³/mol. The SMILES string of the molecule is COc1cc(Br)c(OC)c(C(C)O)c1. The van der Waals surface area contributed by atoms with E-state index < -0.39 is 6.10 Å². The largest absolute Gasteiger partial charge is 0.497 e. The molecule has 0 radical (unpaired) electrons. The summed E-state index contributed by atoms with van der Waals surface area (Å²) in [5.41, 5.74) is 0.707. The molecule has 1 unspecified atom stereocenters. The molecule has 1 atom stereocenters. The molecule has 1 aromatic rings.